The van der Waals surface area contributed by atoms with Crippen LogP contribution in [0.25, 0.3) is 0 Å². The Morgan fingerprint density at radius 3 is 2.80 bits per heavy atom. The molecule has 1 aliphatic heterocycles. The van der Waals surface area contributed by atoms with Crippen molar-refractivity contribution in [3.8, 4) is 0 Å². The van der Waals surface area contributed by atoms with Crippen LogP contribution in [0.2, 0.25) is 0 Å². The number of carbonyl (C=O) groups excluding carboxylic acids is 1. The monoisotopic (exact) mass is 223 g/mol. The first-order valence-electron chi connectivity index (χ1n) is 4.93. The number of rotatable bonds is 2. The number of hydrogen-bond donors (Lipinski definition) is 0. The van der Waals surface area contributed by atoms with Crippen LogP contribution in [0.15, 0.2) is 17.3 Å². The van der Waals surface area contributed by atoms with E-state index in [0.29, 0.717) is 18.6 Å². The molecule has 0 unspecified atom stereocenters. The minimum atomic E-state index is 0.340. The Kier molecular flexibility index (Phi) is 3.20. The first kappa shape index (κ1) is 10.4. The fraction of sp³-hybridized carbons (Fsp3) is 0.500. The molecule has 0 N–H and O–H groups in total. The van der Waals surface area contributed by atoms with E-state index in [0.717, 1.165) is 24.1 Å². The first-order valence-corrected chi connectivity index (χ1v) is 6.16. The van der Waals surface area contributed by atoms with E-state index in [1.807, 2.05) is 12.3 Å². The number of nitrogens with zero attached hydrogens (tertiary/aromatic N) is 3. The summed E-state index contributed by atoms with van der Waals surface area (Å²) in [5, 5.41) is 0.969. The molecular formula is C10H13N3OS. The normalized spacial score (nSPS) is 16.9. The highest BCUT2D eigenvalue weighted by molar-refractivity contribution is 7.98. The van der Waals surface area contributed by atoms with Gasteiger partial charge in [-0.05, 0) is 12.3 Å². The second-order valence-corrected chi connectivity index (χ2v) is 4.25. The van der Waals surface area contributed by atoms with Crippen LogP contribution in [0, 0.1) is 0 Å². The fourth-order valence-electron chi connectivity index (χ4n) is 1.55. The van der Waals surface area contributed by atoms with Gasteiger partial charge in [0.15, 0.2) is 0 Å². The Hall–Kier alpha value is -1.10. The number of thioether (sulfide) groups is 1. The van der Waals surface area contributed by atoms with Gasteiger partial charge in [0.25, 0.3) is 0 Å². The summed E-state index contributed by atoms with van der Waals surface area (Å²) in [5.41, 5.74) is 0. The van der Waals surface area contributed by atoms with Gasteiger partial charge in [0.1, 0.15) is 10.8 Å². The Morgan fingerprint density at radius 2 is 2.13 bits per heavy atom. The van der Waals surface area contributed by atoms with E-state index in [9.17, 15) is 4.79 Å². The Balaban J connectivity index is 2.11. The van der Waals surface area contributed by atoms with Crippen LogP contribution in [0.4, 0.5) is 5.95 Å². The van der Waals surface area contributed by atoms with Crippen molar-refractivity contribution in [2.45, 2.75) is 17.9 Å². The number of aromatic nitrogens is 2. The van der Waals surface area contributed by atoms with Gasteiger partial charge in [-0.1, -0.05) is 0 Å². The highest BCUT2D eigenvalue weighted by atomic mass is 32.2. The zero-order chi connectivity index (χ0) is 10.7. The SMILES string of the molecule is CSc1ccnc(N2CCC(=O)CC2)n1. The molecule has 0 amide bonds. The number of carbonyl (C=O) groups is 1. The van der Waals surface area contributed by atoms with Crippen molar-refractivity contribution in [2.75, 3.05) is 24.2 Å². The molecule has 80 valence electrons. The summed E-state index contributed by atoms with van der Waals surface area (Å²) >= 11 is 1.60. The summed E-state index contributed by atoms with van der Waals surface area (Å²) < 4.78 is 0. The van der Waals surface area contributed by atoms with Crippen molar-refractivity contribution in [3.63, 3.8) is 0 Å². The topological polar surface area (TPSA) is 46.1 Å². The number of anilines is 1. The van der Waals surface area contributed by atoms with Crippen molar-refractivity contribution in [3.05, 3.63) is 12.3 Å². The maximum absolute atomic E-state index is 11.1. The van der Waals surface area contributed by atoms with Crippen molar-refractivity contribution in [2.24, 2.45) is 0 Å². The van der Waals surface area contributed by atoms with Gasteiger partial charge in [0, 0.05) is 32.1 Å². The lowest BCUT2D eigenvalue weighted by molar-refractivity contribution is -0.119. The predicted octanol–water partition coefficient (Wildman–Crippen LogP) is 1.37. The first-order chi connectivity index (χ1) is 7.29. The molecule has 0 saturated carbocycles. The van der Waals surface area contributed by atoms with E-state index in [1.54, 1.807) is 18.0 Å². The van der Waals surface area contributed by atoms with Crippen LogP contribution in [0.5, 0.6) is 0 Å². The van der Waals surface area contributed by atoms with Crippen LogP contribution in [0.3, 0.4) is 0 Å². The Labute approximate surface area is 93.1 Å². The molecule has 1 fully saturated rings. The second kappa shape index (κ2) is 4.61. The summed E-state index contributed by atoms with van der Waals surface area (Å²) in [7, 11) is 0. The molecule has 0 atom stereocenters. The quantitative estimate of drug-likeness (QED) is 0.559. The van der Waals surface area contributed by atoms with Gasteiger partial charge in [0.05, 0.1) is 0 Å². The summed E-state index contributed by atoms with van der Waals surface area (Å²) in [6, 6.07) is 1.89. The number of Topliss-reactive ketones (excluding diaryl/α,β-unsaturated/α-hetero) is 1. The standard InChI is InChI=1S/C10H13N3OS/c1-15-9-2-5-11-10(12-9)13-6-3-8(14)4-7-13/h2,5H,3-4,6-7H2,1H3. The Bertz CT molecular complexity index is 359. The average molecular weight is 223 g/mol. The van der Waals surface area contributed by atoms with E-state index in [-0.39, 0.29) is 0 Å². The van der Waals surface area contributed by atoms with E-state index in [4.69, 9.17) is 0 Å². The molecule has 4 nitrogen and oxygen atoms in total. The molecule has 0 aliphatic carbocycles. The van der Waals surface area contributed by atoms with Crippen molar-refractivity contribution >= 4 is 23.5 Å². The Morgan fingerprint density at radius 1 is 1.40 bits per heavy atom. The summed E-state index contributed by atoms with van der Waals surface area (Å²) in [6.07, 6.45) is 5.00. The zero-order valence-corrected chi connectivity index (χ0v) is 9.46. The van der Waals surface area contributed by atoms with Crippen LogP contribution < -0.4 is 4.90 Å². The lowest BCUT2D eigenvalue weighted by atomic mass is 10.1. The molecule has 1 aromatic rings. The second-order valence-electron chi connectivity index (χ2n) is 3.42. The molecule has 1 aromatic heterocycles. The summed E-state index contributed by atoms with van der Waals surface area (Å²) in [4.78, 5) is 21.8. The van der Waals surface area contributed by atoms with Crippen LogP contribution >= 0.6 is 11.8 Å². The predicted molar refractivity (Wildman–Crippen MR) is 60.3 cm³/mol. The highest BCUT2D eigenvalue weighted by Gasteiger charge is 2.18. The lowest BCUT2D eigenvalue weighted by Gasteiger charge is -2.25. The van der Waals surface area contributed by atoms with Gasteiger partial charge in [-0.15, -0.1) is 11.8 Å². The molecule has 15 heavy (non-hydrogen) atoms. The smallest absolute Gasteiger partial charge is 0.226 e. The van der Waals surface area contributed by atoms with Crippen molar-refractivity contribution < 1.29 is 4.79 Å². The molecule has 0 spiro atoms. The minimum Gasteiger partial charge on any atom is -0.340 e. The number of hydrogen-bond acceptors (Lipinski definition) is 5. The maximum atomic E-state index is 11.1. The lowest BCUT2D eigenvalue weighted by Crippen LogP contribution is -2.34. The van der Waals surface area contributed by atoms with Gasteiger partial charge >= 0.3 is 0 Å². The van der Waals surface area contributed by atoms with Gasteiger partial charge in [0.2, 0.25) is 5.95 Å². The van der Waals surface area contributed by atoms with Crippen LogP contribution in [-0.4, -0.2) is 35.1 Å². The minimum absolute atomic E-state index is 0.340. The van der Waals surface area contributed by atoms with Gasteiger partial charge in [-0.3, -0.25) is 4.79 Å². The number of piperidine rings is 1. The third-order valence-electron chi connectivity index (χ3n) is 2.43. The van der Waals surface area contributed by atoms with E-state index in [1.165, 1.54) is 0 Å². The zero-order valence-electron chi connectivity index (χ0n) is 8.64. The van der Waals surface area contributed by atoms with Crippen molar-refractivity contribution in [1.82, 2.24) is 9.97 Å². The largest absolute Gasteiger partial charge is 0.340 e. The molecule has 0 radical (unpaired) electrons. The maximum Gasteiger partial charge on any atom is 0.226 e. The van der Waals surface area contributed by atoms with Crippen LogP contribution in [0.1, 0.15) is 12.8 Å². The molecule has 0 bridgehead atoms. The molecule has 0 aromatic carbocycles. The fourth-order valence-corrected chi connectivity index (χ4v) is 1.92. The number of ketones is 1. The molecule has 5 heteroatoms. The van der Waals surface area contributed by atoms with Gasteiger partial charge < -0.3 is 4.90 Å². The molecule has 1 aliphatic rings. The molecule has 2 rings (SSSR count). The molecule has 1 saturated heterocycles. The summed E-state index contributed by atoms with van der Waals surface area (Å²) in [6.45, 7) is 1.49. The summed E-state index contributed by atoms with van der Waals surface area (Å²) in [5.74, 6) is 1.08. The van der Waals surface area contributed by atoms with Gasteiger partial charge in [-0.25, -0.2) is 9.97 Å². The van der Waals surface area contributed by atoms with E-state index >= 15 is 0 Å². The third kappa shape index (κ3) is 2.47. The van der Waals surface area contributed by atoms with Gasteiger partial charge in [-0.2, -0.15) is 0 Å². The highest BCUT2D eigenvalue weighted by Crippen LogP contribution is 2.17. The van der Waals surface area contributed by atoms with Crippen molar-refractivity contribution in [1.29, 1.82) is 0 Å². The molecular weight excluding hydrogens is 210 g/mol. The average Bonchev–Trinajstić information content (AvgIpc) is 2.30. The van der Waals surface area contributed by atoms with E-state index < -0.39 is 0 Å². The molecule has 2 heterocycles. The van der Waals surface area contributed by atoms with Crippen LogP contribution in [-0.2, 0) is 4.79 Å². The van der Waals surface area contributed by atoms with E-state index in [2.05, 4.69) is 14.9 Å². The third-order valence-corrected chi connectivity index (χ3v) is 3.08.